The molecule has 0 aliphatic rings. The summed E-state index contributed by atoms with van der Waals surface area (Å²) in [7, 11) is 0.969. The number of ether oxygens (including phenoxy) is 2. The second-order valence-corrected chi connectivity index (χ2v) is 2.98. The van der Waals surface area contributed by atoms with E-state index in [1.165, 1.54) is 6.07 Å². The molecule has 96 valence electrons. The van der Waals surface area contributed by atoms with Crippen molar-refractivity contribution in [3.8, 4) is 11.8 Å². The SMILES string of the molecule is COC(=O)c1cc(OC(F)(F)F)c(F)cc1C#N. The van der Waals surface area contributed by atoms with E-state index in [2.05, 4.69) is 9.47 Å². The summed E-state index contributed by atoms with van der Waals surface area (Å²) >= 11 is 0. The monoisotopic (exact) mass is 263 g/mol. The van der Waals surface area contributed by atoms with Crippen LogP contribution in [-0.4, -0.2) is 19.4 Å². The van der Waals surface area contributed by atoms with E-state index in [0.717, 1.165) is 7.11 Å². The average molecular weight is 263 g/mol. The molecule has 0 fully saturated rings. The van der Waals surface area contributed by atoms with Gasteiger partial charge in [0.1, 0.15) is 6.07 Å². The van der Waals surface area contributed by atoms with Crippen molar-refractivity contribution in [2.45, 2.75) is 6.36 Å². The van der Waals surface area contributed by atoms with E-state index in [4.69, 9.17) is 5.26 Å². The average Bonchev–Trinajstić information content (AvgIpc) is 2.28. The van der Waals surface area contributed by atoms with Gasteiger partial charge < -0.3 is 9.47 Å². The number of carbonyl (C=O) groups is 1. The summed E-state index contributed by atoms with van der Waals surface area (Å²) in [6, 6.07) is 2.40. The zero-order valence-electron chi connectivity index (χ0n) is 8.84. The molecule has 4 nitrogen and oxygen atoms in total. The number of halogens is 4. The lowest BCUT2D eigenvalue weighted by Crippen LogP contribution is -2.18. The minimum Gasteiger partial charge on any atom is -0.465 e. The number of hydrogen-bond donors (Lipinski definition) is 0. The van der Waals surface area contributed by atoms with Crippen molar-refractivity contribution in [1.82, 2.24) is 0 Å². The lowest BCUT2D eigenvalue weighted by molar-refractivity contribution is -0.275. The summed E-state index contributed by atoms with van der Waals surface area (Å²) in [5.74, 6) is -3.68. The van der Waals surface area contributed by atoms with Crippen LogP contribution in [0.4, 0.5) is 17.6 Å². The Morgan fingerprint density at radius 1 is 1.39 bits per heavy atom. The van der Waals surface area contributed by atoms with Gasteiger partial charge in [0.05, 0.1) is 18.2 Å². The van der Waals surface area contributed by atoms with Crippen LogP contribution in [0.5, 0.6) is 5.75 Å². The molecule has 0 atom stereocenters. The minimum atomic E-state index is -5.11. The van der Waals surface area contributed by atoms with Crippen LogP contribution in [0.1, 0.15) is 15.9 Å². The molecule has 8 heteroatoms. The zero-order valence-corrected chi connectivity index (χ0v) is 8.84. The van der Waals surface area contributed by atoms with Crippen molar-refractivity contribution in [2.24, 2.45) is 0 Å². The van der Waals surface area contributed by atoms with Crippen molar-refractivity contribution in [3.05, 3.63) is 29.1 Å². The van der Waals surface area contributed by atoms with Crippen LogP contribution in [-0.2, 0) is 4.74 Å². The minimum absolute atomic E-state index is 0.450. The number of hydrogen-bond acceptors (Lipinski definition) is 4. The van der Waals surface area contributed by atoms with Crippen LogP contribution in [0.25, 0.3) is 0 Å². The summed E-state index contributed by atoms with van der Waals surface area (Å²) in [5, 5.41) is 8.62. The molecule has 0 aliphatic carbocycles. The van der Waals surface area contributed by atoms with Crippen LogP contribution in [0, 0.1) is 17.1 Å². The molecular weight excluding hydrogens is 258 g/mol. The molecule has 0 unspecified atom stereocenters. The molecule has 18 heavy (non-hydrogen) atoms. The van der Waals surface area contributed by atoms with Crippen LogP contribution in [0.15, 0.2) is 12.1 Å². The summed E-state index contributed by atoms with van der Waals surface area (Å²) in [4.78, 5) is 11.2. The molecule has 0 bridgehead atoms. The van der Waals surface area contributed by atoms with Crippen molar-refractivity contribution in [3.63, 3.8) is 0 Å². The predicted molar refractivity (Wildman–Crippen MR) is 49.1 cm³/mol. The summed E-state index contributed by atoms with van der Waals surface area (Å²) in [6.07, 6.45) is -5.11. The van der Waals surface area contributed by atoms with Crippen LogP contribution >= 0.6 is 0 Å². The van der Waals surface area contributed by atoms with Gasteiger partial charge in [-0.05, 0) is 12.1 Å². The smallest absolute Gasteiger partial charge is 0.465 e. The number of alkyl halides is 3. The number of esters is 1. The Morgan fingerprint density at radius 3 is 2.44 bits per heavy atom. The van der Waals surface area contributed by atoms with Crippen LogP contribution in [0.3, 0.4) is 0 Å². The lowest BCUT2D eigenvalue weighted by atomic mass is 10.1. The molecule has 0 amide bonds. The maximum Gasteiger partial charge on any atom is 0.573 e. The third kappa shape index (κ3) is 3.10. The predicted octanol–water partition coefficient (Wildman–Crippen LogP) is 2.38. The molecule has 1 rings (SSSR count). The van der Waals surface area contributed by atoms with Gasteiger partial charge in [-0.25, -0.2) is 9.18 Å². The van der Waals surface area contributed by atoms with Gasteiger partial charge >= 0.3 is 12.3 Å². The molecule has 0 aromatic heterocycles. The molecule has 1 aromatic carbocycles. The molecule has 1 aromatic rings. The molecule has 0 aliphatic heterocycles. The molecule has 0 N–H and O–H groups in total. The van der Waals surface area contributed by atoms with Gasteiger partial charge in [-0.3, -0.25) is 0 Å². The third-order valence-corrected chi connectivity index (χ3v) is 1.82. The maximum atomic E-state index is 13.2. The molecule has 0 radical (unpaired) electrons. The number of benzene rings is 1. The highest BCUT2D eigenvalue weighted by atomic mass is 19.4. The summed E-state index contributed by atoms with van der Waals surface area (Å²) in [6.45, 7) is 0. The van der Waals surface area contributed by atoms with Gasteiger partial charge in [0.15, 0.2) is 11.6 Å². The number of carbonyl (C=O) groups excluding carboxylic acids is 1. The topological polar surface area (TPSA) is 59.3 Å². The Labute approximate surface area is 98.3 Å². The standard InChI is InChI=1S/C10H5F4NO3/c1-17-9(16)6-3-8(18-10(12,13)14)7(11)2-5(6)4-15/h2-3H,1H3. The van der Waals surface area contributed by atoms with Gasteiger partial charge in [0.25, 0.3) is 0 Å². The van der Waals surface area contributed by atoms with Gasteiger partial charge in [0.2, 0.25) is 0 Å². The molecule has 0 heterocycles. The van der Waals surface area contributed by atoms with E-state index in [9.17, 15) is 22.4 Å². The second kappa shape index (κ2) is 4.91. The fourth-order valence-electron chi connectivity index (χ4n) is 1.13. The van der Waals surface area contributed by atoms with Gasteiger partial charge in [-0.1, -0.05) is 0 Å². The van der Waals surface area contributed by atoms with Crippen molar-refractivity contribution < 1.29 is 31.8 Å². The number of rotatable bonds is 2. The first kappa shape index (κ1) is 13.8. The van der Waals surface area contributed by atoms with E-state index in [0.29, 0.717) is 12.1 Å². The molecule has 0 spiro atoms. The van der Waals surface area contributed by atoms with Crippen molar-refractivity contribution in [1.29, 1.82) is 5.26 Å². The van der Waals surface area contributed by atoms with E-state index < -0.39 is 35.0 Å². The zero-order chi connectivity index (χ0) is 13.9. The Balaban J connectivity index is 3.31. The van der Waals surface area contributed by atoms with Gasteiger partial charge in [-0.2, -0.15) is 5.26 Å². The lowest BCUT2D eigenvalue weighted by Gasteiger charge is -2.11. The van der Waals surface area contributed by atoms with Crippen LogP contribution < -0.4 is 4.74 Å². The third-order valence-electron chi connectivity index (χ3n) is 1.82. The van der Waals surface area contributed by atoms with Gasteiger partial charge in [-0.15, -0.1) is 13.2 Å². The summed E-state index contributed by atoms with van der Waals surface area (Å²) < 4.78 is 56.7. The van der Waals surface area contributed by atoms with Crippen molar-refractivity contribution in [2.75, 3.05) is 7.11 Å². The Morgan fingerprint density at radius 2 is 2.00 bits per heavy atom. The molecular formula is C10H5F4NO3. The van der Waals surface area contributed by atoms with E-state index >= 15 is 0 Å². The number of methoxy groups -OCH3 is 1. The largest absolute Gasteiger partial charge is 0.573 e. The highest BCUT2D eigenvalue weighted by Crippen LogP contribution is 2.28. The first-order chi connectivity index (χ1) is 8.28. The Kier molecular flexibility index (Phi) is 3.76. The Hall–Kier alpha value is -2.30. The Bertz CT molecular complexity index is 519. The fourth-order valence-corrected chi connectivity index (χ4v) is 1.13. The maximum absolute atomic E-state index is 13.2. The second-order valence-electron chi connectivity index (χ2n) is 2.98. The van der Waals surface area contributed by atoms with Crippen molar-refractivity contribution >= 4 is 5.97 Å². The highest BCUT2D eigenvalue weighted by Gasteiger charge is 2.33. The van der Waals surface area contributed by atoms with Crippen LogP contribution in [0.2, 0.25) is 0 Å². The first-order valence-electron chi connectivity index (χ1n) is 4.36. The number of nitriles is 1. The normalized spacial score (nSPS) is 10.7. The van der Waals surface area contributed by atoms with E-state index in [-0.39, 0.29) is 0 Å². The molecule has 0 saturated heterocycles. The van der Waals surface area contributed by atoms with E-state index in [1.54, 1.807) is 0 Å². The summed E-state index contributed by atoms with van der Waals surface area (Å²) in [5.41, 5.74) is -0.963. The number of nitrogens with zero attached hydrogens (tertiary/aromatic N) is 1. The van der Waals surface area contributed by atoms with Gasteiger partial charge in [0, 0.05) is 0 Å². The highest BCUT2D eigenvalue weighted by molar-refractivity contribution is 5.92. The molecule has 0 saturated carbocycles. The quantitative estimate of drug-likeness (QED) is 0.607. The fraction of sp³-hybridized carbons (Fsp3) is 0.200. The van der Waals surface area contributed by atoms with E-state index in [1.807, 2.05) is 0 Å². The first-order valence-corrected chi connectivity index (χ1v) is 4.36.